The lowest BCUT2D eigenvalue weighted by molar-refractivity contribution is 0.0834. The standard InChI is InChI=1S/C19H27NO/c1-13-10-17-15(3)9-16(12-20-7-5-4-6-8-20)19(21)18(17)11-14(13)2/h10-11,15-16H,4-9,12H2,1-3H3. The van der Waals surface area contributed by atoms with Crippen molar-refractivity contribution in [3.63, 3.8) is 0 Å². The van der Waals surface area contributed by atoms with Crippen LogP contribution in [-0.2, 0) is 0 Å². The number of ketones is 1. The lowest BCUT2D eigenvalue weighted by Gasteiger charge is -2.34. The van der Waals surface area contributed by atoms with Crippen LogP contribution in [0.5, 0.6) is 0 Å². The lowest BCUT2D eigenvalue weighted by Crippen LogP contribution is -2.39. The van der Waals surface area contributed by atoms with E-state index in [1.807, 2.05) is 0 Å². The van der Waals surface area contributed by atoms with Gasteiger partial charge in [0.1, 0.15) is 0 Å². The minimum absolute atomic E-state index is 0.202. The summed E-state index contributed by atoms with van der Waals surface area (Å²) < 4.78 is 0. The normalized spacial score (nSPS) is 26.7. The van der Waals surface area contributed by atoms with Gasteiger partial charge in [-0.25, -0.2) is 0 Å². The van der Waals surface area contributed by atoms with E-state index in [1.54, 1.807) is 0 Å². The molecule has 0 aromatic heterocycles. The van der Waals surface area contributed by atoms with E-state index in [0.717, 1.165) is 18.5 Å². The van der Waals surface area contributed by atoms with E-state index in [1.165, 1.54) is 49.0 Å². The van der Waals surface area contributed by atoms with Gasteiger partial charge in [-0.15, -0.1) is 0 Å². The number of aryl methyl sites for hydroxylation is 2. The molecular weight excluding hydrogens is 258 g/mol. The summed E-state index contributed by atoms with van der Waals surface area (Å²) in [5, 5.41) is 0. The molecule has 1 aromatic carbocycles. The Morgan fingerprint density at radius 3 is 2.48 bits per heavy atom. The van der Waals surface area contributed by atoms with Gasteiger partial charge in [-0.1, -0.05) is 19.4 Å². The molecule has 0 amide bonds. The minimum Gasteiger partial charge on any atom is -0.303 e. The molecule has 1 aliphatic heterocycles. The van der Waals surface area contributed by atoms with Gasteiger partial charge >= 0.3 is 0 Å². The third kappa shape index (κ3) is 2.91. The third-order valence-electron chi connectivity index (χ3n) is 5.40. The Kier molecular flexibility index (Phi) is 4.17. The van der Waals surface area contributed by atoms with Crippen LogP contribution in [-0.4, -0.2) is 30.3 Å². The van der Waals surface area contributed by atoms with Gasteiger partial charge in [-0.2, -0.15) is 0 Å². The van der Waals surface area contributed by atoms with Crippen LogP contribution in [0.4, 0.5) is 0 Å². The second-order valence-corrected chi connectivity index (χ2v) is 7.08. The van der Waals surface area contributed by atoms with Crippen molar-refractivity contribution in [2.24, 2.45) is 5.92 Å². The highest BCUT2D eigenvalue weighted by Gasteiger charge is 2.33. The molecule has 1 fully saturated rings. The number of hydrogen-bond donors (Lipinski definition) is 0. The maximum atomic E-state index is 12.9. The van der Waals surface area contributed by atoms with Crippen molar-refractivity contribution in [2.75, 3.05) is 19.6 Å². The Bertz CT molecular complexity index is 543. The van der Waals surface area contributed by atoms with Crippen molar-refractivity contribution in [3.8, 4) is 0 Å². The minimum atomic E-state index is 0.202. The molecule has 0 radical (unpaired) electrons. The first kappa shape index (κ1) is 14.8. The fourth-order valence-corrected chi connectivity index (χ4v) is 3.95. The molecule has 2 heteroatoms. The fraction of sp³-hybridized carbons (Fsp3) is 0.632. The van der Waals surface area contributed by atoms with Crippen molar-refractivity contribution in [1.29, 1.82) is 0 Å². The first-order valence-electron chi connectivity index (χ1n) is 8.44. The first-order valence-corrected chi connectivity index (χ1v) is 8.44. The molecule has 2 nitrogen and oxygen atoms in total. The van der Waals surface area contributed by atoms with Crippen LogP contribution in [0.3, 0.4) is 0 Å². The lowest BCUT2D eigenvalue weighted by atomic mass is 9.75. The summed E-state index contributed by atoms with van der Waals surface area (Å²) in [5.41, 5.74) is 4.83. The molecule has 0 N–H and O–H groups in total. The number of benzene rings is 1. The number of fused-ring (bicyclic) bond motifs is 1. The van der Waals surface area contributed by atoms with Crippen LogP contribution >= 0.6 is 0 Å². The summed E-state index contributed by atoms with van der Waals surface area (Å²) in [5.74, 6) is 1.09. The van der Waals surface area contributed by atoms with Gasteiger partial charge in [-0.05, 0) is 74.9 Å². The van der Waals surface area contributed by atoms with Crippen LogP contribution in [0.1, 0.15) is 65.6 Å². The SMILES string of the molecule is Cc1cc2c(cc1C)C(C)CC(CN1CCCCC1)C2=O. The molecule has 21 heavy (non-hydrogen) atoms. The summed E-state index contributed by atoms with van der Waals surface area (Å²) in [6.07, 6.45) is 4.97. The Morgan fingerprint density at radius 1 is 1.10 bits per heavy atom. The Balaban J connectivity index is 1.82. The number of nitrogens with zero attached hydrogens (tertiary/aromatic N) is 1. The van der Waals surface area contributed by atoms with Crippen LogP contribution in [0, 0.1) is 19.8 Å². The molecule has 0 saturated carbocycles. The number of carbonyl (C=O) groups excluding carboxylic acids is 1. The van der Waals surface area contributed by atoms with Crippen LogP contribution in [0.2, 0.25) is 0 Å². The molecule has 3 rings (SSSR count). The Hall–Kier alpha value is -1.15. The van der Waals surface area contributed by atoms with Gasteiger partial charge in [0.05, 0.1) is 0 Å². The van der Waals surface area contributed by atoms with E-state index in [4.69, 9.17) is 0 Å². The van der Waals surface area contributed by atoms with Gasteiger partial charge < -0.3 is 4.90 Å². The zero-order chi connectivity index (χ0) is 15.0. The maximum Gasteiger partial charge on any atom is 0.167 e. The number of Topliss-reactive ketones (excluding diaryl/α,β-unsaturated/α-hetero) is 1. The summed E-state index contributed by atoms with van der Waals surface area (Å²) in [7, 11) is 0. The molecule has 1 aromatic rings. The van der Waals surface area contributed by atoms with Gasteiger partial charge in [0, 0.05) is 18.0 Å². The topological polar surface area (TPSA) is 20.3 Å². The van der Waals surface area contributed by atoms with Crippen molar-refractivity contribution in [1.82, 2.24) is 4.90 Å². The highest BCUT2D eigenvalue weighted by Crippen LogP contribution is 2.36. The van der Waals surface area contributed by atoms with Gasteiger partial charge in [0.2, 0.25) is 0 Å². The zero-order valence-electron chi connectivity index (χ0n) is 13.6. The molecule has 0 bridgehead atoms. The molecule has 0 spiro atoms. The molecule has 1 heterocycles. The molecule has 1 aliphatic carbocycles. The van der Waals surface area contributed by atoms with Crippen molar-refractivity contribution >= 4 is 5.78 Å². The highest BCUT2D eigenvalue weighted by atomic mass is 16.1. The van der Waals surface area contributed by atoms with Crippen molar-refractivity contribution < 1.29 is 4.79 Å². The number of hydrogen-bond acceptors (Lipinski definition) is 2. The first-order chi connectivity index (χ1) is 10.1. The van der Waals surface area contributed by atoms with E-state index in [9.17, 15) is 4.79 Å². The smallest absolute Gasteiger partial charge is 0.167 e. The van der Waals surface area contributed by atoms with Crippen molar-refractivity contribution in [3.05, 3.63) is 34.4 Å². The third-order valence-corrected chi connectivity index (χ3v) is 5.40. The molecule has 2 atom stereocenters. The van der Waals surface area contributed by atoms with Crippen molar-refractivity contribution in [2.45, 2.75) is 52.4 Å². The summed E-state index contributed by atoms with van der Waals surface area (Å²) >= 11 is 0. The summed E-state index contributed by atoms with van der Waals surface area (Å²) in [4.78, 5) is 15.4. The molecule has 1 saturated heterocycles. The average molecular weight is 285 g/mol. The quantitative estimate of drug-likeness (QED) is 0.815. The largest absolute Gasteiger partial charge is 0.303 e. The zero-order valence-corrected chi connectivity index (χ0v) is 13.6. The van der Waals surface area contributed by atoms with E-state index in [-0.39, 0.29) is 5.92 Å². The van der Waals surface area contributed by atoms with Crippen LogP contribution in [0.15, 0.2) is 12.1 Å². The summed E-state index contributed by atoms with van der Waals surface area (Å²) in [6, 6.07) is 4.37. The summed E-state index contributed by atoms with van der Waals surface area (Å²) in [6.45, 7) is 9.86. The van der Waals surface area contributed by atoms with Gasteiger partial charge in [0.15, 0.2) is 5.78 Å². The van der Waals surface area contributed by atoms with E-state index >= 15 is 0 Å². The molecule has 2 aliphatic rings. The second kappa shape index (κ2) is 5.92. The maximum absolute atomic E-state index is 12.9. The number of piperidine rings is 1. The van der Waals surface area contributed by atoms with Gasteiger partial charge in [-0.3, -0.25) is 4.79 Å². The van der Waals surface area contributed by atoms with Crippen LogP contribution < -0.4 is 0 Å². The Morgan fingerprint density at radius 2 is 1.76 bits per heavy atom. The average Bonchev–Trinajstić information content (AvgIpc) is 2.48. The van der Waals surface area contributed by atoms with Crippen LogP contribution in [0.25, 0.3) is 0 Å². The number of rotatable bonds is 2. The van der Waals surface area contributed by atoms with E-state index < -0.39 is 0 Å². The van der Waals surface area contributed by atoms with E-state index in [2.05, 4.69) is 37.8 Å². The number of likely N-dealkylation sites (tertiary alicyclic amines) is 1. The van der Waals surface area contributed by atoms with Gasteiger partial charge in [0.25, 0.3) is 0 Å². The highest BCUT2D eigenvalue weighted by molar-refractivity contribution is 6.01. The number of carbonyl (C=O) groups is 1. The molecule has 114 valence electrons. The fourth-order valence-electron chi connectivity index (χ4n) is 3.95. The Labute approximate surface area is 128 Å². The molecular formula is C19H27NO. The monoisotopic (exact) mass is 285 g/mol. The molecule has 2 unspecified atom stereocenters. The second-order valence-electron chi connectivity index (χ2n) is 7.08. The van der Waals surface area contributed by atoms with E-state index in [0.29, 0.717) is 11.7 Å². The predicted molar refractivity (Wildman–Crippen MR) is 87.1 cm³/mol. The predicted octanol–water partition coefficient (Wildman–Crippen LogP) is 4.10.